The number of benzene rings is 1. The fourth-order valence-corrected chi connectivity index (χ4v) is 1.43. The molecule has 102 valence electrons. The average molecular weight is 284 g/mol. The molecule has 6 heteroatoms. The van der Waals surface area contributed by atoms with E-state index in [2.05, 4.69) is 14.8 Å². The zero-order valence-corrected chi connectivity index (χ0v) is 11.6. The maximum absolute atomic E-state index is 11.5. The number of methoxy groups -OCH3 is 2. The van der Waals surface area contributed by atoms with Crippen molar-refractivity contribution >= 4 is 29.2 Å². The molecule has 0 aliphatic carbocycles. The summed E-state index contributed by atoms with van der Waals surface area (Å²) < 4.78 is 9.05. The van der Waals surface area contributed by atoms with Gasteiger partial charge >= 0.3 is 11.9 Å². The van der Waals surface area contributed by atoms with Gasteiger partial charge < -0.3 is 14.8 Å². The zero-order valence-electron chi connectivity index (χ0n) is 10.8. The highest BCUT2D eigenvalue weighted by Crippen LogP contribution is 2.20. The summed E-state index contributed by atoms with van der Waals surface area (Å²) in [5.41, 5.74) is 1.44. The molecule has 0 heterocycles. The largest absolute Gasteiger partial charge is 0.466 e. The highest BCUT2D eigenvalue weighted by atomic mass is 35.5. The molecule has 1 rings (SSSR count). The molecule has 0 aromatic heterocycles. The van der Waals surface area contributed by atoms with E-state index < -0.39 is 11.9 Å². The second-order valence-corrected chi connectivity index (χ2v) is 4.07. The van der Waals surface area contributed by atoms with Crippen molar-refractivity contribution in [2.45, 2.75) is 6.92 Å². The number of carbonyl (C=O) groups excluding carboxylic acids is 2. The number of hydrogen-bond donors (Lipinski definition) is 1. The van der Waals surface area contributed by atoms with Gasteiger partial charge in [-0.05, 0) is 30.7 Å². The van der Waals surface area contributed by atoms with Gasteiger partial charge in [0.25, 0.3) is 0 Å². The zero-order chi connectivity index (χ0) is 14.4. The Morgan fingerprint density at radius 1 is 1.26 bits per heavy atom. The summed E-state index contributed by atoms with van der Waals surface area (Å²) in [5.74, 6) is -1.32. The fourth-order valence-electron chi connectivity index (χ4n) is 1.31. The van der Waals surface area contributed by atoms with E-state index in [1.807, 2.05) is 6.92 Å². The maximum Gasteiger partial charge on any atom is 0.354 e. The molecule has 0 aliphatic heterocycles. The molecular formula is C13H14ClNO4. The molecule has 0 saturated heterocycles. The summed E-state index contributed by atoms with van der Waals surface area (Å²) in [6.07, 6.45) is 1.02. The Morgan fingerprint density at radius 3 is 2.47 bits per heavy atom. The second-order valence-electron chi connectivity index (χ2n) is 3.66. The molecule has 0 bridgehead atoms. The smallest absolute Gasteiger partial charge is 0.354 e. The van der Waals surface area contributed by atoms with Crippen molar-refractivity contribution in [3.05, 3.63) is 40.6 Å². The van der Waals surface area contributed by atoms with E-state index in [0.29, 0.717) is 10.7 Å². The van der Waals surface area contributed by atoms with Gasteiger partial charge in [0, 0.05) is 10.7 Å². The summed E-state index contributed by atoms with van der Waals surface area (Å²) in [6.45, 7) is 1.83. The van der Waals surface area contributed by atoms with E-state index in [9.17, 15) is 9.59 Å². The first-order valence-electron chi connectivity index (χ1n) is 5.39. The molecule has 1 aromatic carbocycles. The molecule has 0 fully saturated rings. The van der Waals surface area contributed by atoms with Crippen molar-refractivity contribution in [2.24, 2.45) is 0 Å². The lowest BCUT2D eigenvalue weighted by atomic mass is 10.2. The van der Waals surface area contributed by atoms with Gasteiger partial charge in [0.2, 0.25) is 0 Å². The number of rotatable bonds is 4. The minimum atomic E-state index is -0.669. The van der Waals surface area contributed by atoms with Crippen LogP contribution in [-0.4, -0.2) is 26.2 Å². The summed E-state index contributed by atoms with van der Waals surface area (Å²) in [4.78, 5) is 22.7. The van der Waals surface area contributed by atoms with Crippen LogP contribution in [0.15, 0.2) is 30.0 Å². The first kappa shape index (κ1) is 15.0. The summed E-state index contributed by atoms with van der Waals surface area (Å²) in [6, 6.07) is 5.12. The van der Waals surface area contributed by atoms with Gasteiger partial charge in [-0.2, -0.15) is 0 Å². The van der Waals surface area contributed by atoms with E-state index in [-0.39, 0.29) is 5.70 Å². The topological polar surface area (TPSA) is 64.6 Å². The molecule has 0 spiro atoms. The van der Waals surface area contributed by atoms with E-state index in [1.165, 1.54) is 14.2 Å². The quantitative estimate of drug-likeness (QED) is 0.678. The van der Waals surface area contributed by atoms with E-state index in [0.717, 1.165) is 11.6 Å². The SMILES string of the molecule is COC(=O)/C=C(/Nc1ccc(Cl)c(C)c1)C(=O)OC. The molecule has 19 heavy (non-hydrogen) atoms. The third kappa shape index (κ3) is 4.30. The number of carbonyl (C=O) groups is 2. The lowest BCUT2D eigenvalue weighted by Gasteiger charge is -2.10. The predicted molar refractivity (Wildman–Crippen MR) is 71.9 cm³/mol. The minimum Gasteiger partial charge on any atom is -0.466 e. The van der Waals surface area contributed by atoms with Crippen LogP contribution in [0.1, 0.15) is 5.56 Å². The fraction of sp³-hybridized carbons (Fsp3) is 0.231. The van der Waals surface area contributed by atoms with E-state index in [1.54, 1.807) is 18.2 Å². The molecule has 0 atom stereocenters. The number of nitrogens with one attached hydrogen (secondary N) is 1. The number of ether oxygens (including phenoxy) is 2. The van der Waals surface area contributed by atoms with Crippen LogP contribution in [0.4, 0.5) is 5.69 Å². The van der Waals surface area contributed by atoms with Crippen LogP contribution in [-0.2, 0) is 19.1 Å². The number of esters is 2. The van der Waals surface area contributed by atoms with E-state index >= 15 is 0 Å². The number of hydrogen-bond acceptors (Lipinski definition) is 5. The van der Waals surface area contributed by atoms with Gasteiger partial charge in [0.15, 0.2) is 0 Å². The first-order valence-corrected chi connectivity index (χ1v) is 5.77. The summed E-state index contributed by atoms with van der Waals surface area (Å²) in [7, 11) is 2.45. The van der Waals surface area contributed by atoms with Crippen LogP contribution in [0.5, 0.6) is 0 Å². The highest BCUT2D eigenvalue weighted by Gasteiger charge is 2.13. The van der Waals surface area contributed by atoms with Crippen molar-refractivity contribution in [1.82, 2.24) is 0 Å². The molecule has 1 N–H and O–H groups in total. The average Bonchev–Trinajstić information content (AvgIpc) is 2.41. The second kappa shape index (κ2) is 6.80. The van der Waals surface area contributed by atoms with Crippen molar-refractivity contribution in [1.29, 1.82) is 0 Å². The predicted octanol–water partition coefficient (Wildman–Crippen LogP) is 2.29. The Bertz CT molecular complexity index is 525. The highest BCUT2D eigenvalue weighted by molar-refractivity contribution is 6.31. The van der Waals surface area contributed by atoms with Gasteiger partial charge in [-0.1, -0.05) is 11.6 Å². The Hall–Kier alpha value is -2.01. The number of anilines is 1. The van der Waals surface area contributed by atoms with Crippen LogP contribution in [0.25, 0.3) is 0 Å². The van der Waals surface area contributed by atoms with Gasteiger partial charge in [-0.25, -0.2) is 9.59 Å². The number of halogens is 1. The molecule has 0 amide bonds. The Labute approximate surface area is 116 Å². The van der Waals surface area contributed by atoms with Crippen LogP contribution in [0.3, 0.4) is 0 Å². The summed E-state index contributed by atoms with van der Waals surface area (Å²) in [5, 5.41) is 3.40. The molecule has 5 nitrogen and oxygen atoms in total. The van der Waals surface area contributed by atoms with Gasteiger partial charge in [-0.15, -0.1) is 0 Å². The van der Waals surface area contributed by atoms with Crippen LogP contribution in [0, 0.1) is 6.92 Å². The standard InChI is InChI=1S/C13H14ClNO4/c1-8-6-9(4-5-10(8)14)15-11(13(17)19-3)7-12(16)18-2/h4-7,15H,1-3H3/b11-7+. The molecule has 0 aliphatic rings. The van der Waals surface area contributed by atoms with Crippen LogP contribution < -0.4 is 5.32 Å². The van der Waals surface area contributed by atoms with Gasteiger partial charge in [0.05, 0.1) is 20.3 Å². The molecule has 0 radical (unpaired) electrons. The maximum atomic E-state index is 11.5. The van der Waals surface area contributed by atoms with Gasteiger partial charge in [-0.3, -0.25) is 0 Å². The van der Waals surface area contributed by atoms with Crippen molar-refractivity contribution < 1.29 is 19.1 Å². The molecule has 0 saturated carbocycles. The van der Waals surface area contributed by atoms with Crippen molar-refractivity contribution in [3.63, 3.8) is 0 Å². The van der Waals surface area contributed by atoms with Crippen LogP contribution >= 0.6 is 11.6 Å². The molecular weight excluding hydrogens is 270 g/mol. The Morgan fingerprint density at radius 2 is 1.95 bits per heavy atom. The van der Waals surface area contributed by atoms with E-state index in [4.69, 9.17) is 11.6 Å². The Balaban J connectivity index is 3.00. The van der Waals surface area contributed by atoms with Crippen LogP contribution in [0.2, 0.25) is 5.02 Å². The lowest BCUT2D eigenvalue weighted by molar-refractivity contribution is -0.138. The lowest BCUT2D eigenvalue weighted by Crippen LogP contribution is -2.15. The third-order valence-corrected chi connectivity index (χ3v) is 2.73. The first-order chi connectivity index (χ1) is 8.97. The number of aryl methyl sites for hydroxylation is 1. The minimum absolute atomic E-state index is 0.0175. The normalized spacial score (nSPS) is 10.8. The van der Waals surface area contributed by atoms with Crippen molar-refractivity contribution in [2.75, 3.05) is 19.5 Å². The Kier molecular flexibility index (Phi) is 5.38. The summed E-state index contributed by atoms with van der Waals surface area (Å²) >= 11 is 5.91. The van der Waals surface area contributed by atoms with Gasteiger partial charge in [0.1, 0.15) is 5.70 Å². The third-order valence-electron chi connectivity index (χ3n) is 2.31. The molecule has 1 aromatic rings. The van der Waals surface area contributed by atoms with Crippen molar-refractivity contribution in [3.8, 4) is 0 Å². The monoisotopic (exact) mass is 283 g/mol. The molecule has 0 unspecified atom stereocenters.